The molecule has 0 aliphatic heterocycles. The molecule has 0 spiro atoms. The number of nitrogens with one attached hydrogen (secondary N) is 1. The quantitative estimate of drug-likeness (QED) is 0.223. The Bertz CT molecular complexity index is 1280. The normalized spacial score (nSPS) is 11.1. The van der Waals surface area contributed by atoms with Crippen molar-refractivity contribution < 1.29 is 27.5 Å². The Kier molecular flexibility index (Phi) is 9.07. The van der Waals surface area contributed by atoms with Gasteiger partial charge in [0.2, 0.25) is 15.2 Å². The lowest BCUT2D eigenvalue weighted by Crippen LogP contribution is -2.29. The van der Waals surface area contributed by atoms with Crippen LogP contribution in [0.25, 0.3) is 0 Å². The number of hydrogen-bond donors (Lipinski definition) is 1. The van der Waals surface area contributed by atoms with Crippen LogP contribution in [0.2, 0.25) is 0 Å². The van der Waals surface area contributed by atoms with Gasteiger partial charge in [-0.05, 0) is 36.8 Å². The Morgan fingerprint density at radius 3 is 2.49 bits per heavy atom. The van der Waals surface area contributed by atoms with Crippen LogP contribution >= 0.6 is 23.1 Å². The largest absolute Gasteiger partial charge is 0.492 e. The summed E-state index contributed by atoms with van der Waals surface area (Å²) in [6.07, 6.45) is 1.14. The van der Waals surface area contributed by atoms with Gasteiger partial charge in [0.25, 0.3) is 5.91 Å². The summed E-state index contributed by atoms with van der Waals surface area (Å²) in [5.41, 5.74) is 1.50. The van der Waals surface area contributed by atoms with Crippen molar-refractivity contribution in [3.63, 3.8) is 0 Å². The maximum atomic E-state index is 12.6. The van der Waals surface area contributed by atoms with Crippen LogP contribution in [0.4, 0.5) is 10.8 Å². The van der Waals surface area contributed by atoms with Crippen molar-refractivity contribution in [1.29, 1.82) is 0 Å². The zero-order chi connectivity index (χ0) is 25.4. The highest BCUT2D eigenvalue weighted by atomic mass is 32.2. The van der Waals surface area contributed by atoms with Gasteiger partial charge >= 0.3 is 5.97 Å². The number of hydrogen-bond acceptors (Lipinski definition) is 10. The lowest BCUT2D eigenvalue weighted by molar-refractivity contribution is -0.137. The molecule has 1 aromatic heterocycles. The number of esters is 1. The fourth-order valence-corrected chi connectivity index (χ4v) is 5.39. The predicted octanol–water partition coefficient (Wildman–Crippen LogP) is 3.42. The Hall–Kier alpha value is -3.16. The van der Waals surface area contributed by atoms with E-state index in [-0.39, 0.29) is 24.2 Å². The molecular weight excluding hydrogens is 512 g/mol. The summed E-state index contributed by atoms with van der Waals surface area (Å²) < 4.78 is 37.0. The van der Waals surface area contributed by atoms with Crippen LogP contribution in [0.5, 0.6) is 5.75 Å². The molecule has 0 saturated carbocycles. The molecule has 3 rings (SSSR count). The first kappa shape index (κ1) is 26.4. The number of para-hydroxylation sites is 2. The van der Waals surface area contributed by atoms with Crippen LogP contribution in [-0.2, 0) is 26.1 Å². The van der Waals surface area contributed by atoms with Gasteiger partial charge in [-0.2, -0.15) is 0 Å². The average Bonchev–Trinajstić information content (AvgIpc) is 3.28. The monoisotopic (exact) mass is 536 g/mol. The van der Waals surface area contributed by atoms with Crippen molar-refractivity contribution in [3.05, 3.63) is 59.7 Å². The number of carbonyl (C=O) groups excluding carboxylic acids is 2. The number of amides is 1. The third kappa shape index (κ3) is 7.41. The second-order valence-corrected chi connectivity index (χ2v) is 11.2. The molecule has 186 valence electrons. The van der Waals surface area contributed by atoms with Gasteiger partial charge in [0.05, 0.1) is 38.0 Å². The molecule has 1 amide bonds. The highest BCUT2D eigenvalue weighted by Gasteiger charge is 2.21. The molecule has 0 aliphatic carbocycles. The Morgan fingerprint density at radius 2 is 1.83 bits per heavy atom. The van der Waals surface area contributed by atoms with Crippen molar-refractivity contribution in [2.75, 3.05) is 35.3 Å². The van der Waals surface area contributed by atoms with Crippen molar-refractivity contribution in [1.82, 2.24) is 10.2 Å². The molecule has 2 aromatic carbocycles. The second kappa shape index (κ2) is 12.0. The molecule has 0 unspecified atom stereocenters. The standard InChI is InChI=1S/C22H24N4O6S3/c1-4-32-18-8-6-5-7-17(18)26(35(3,29)30)13-15-9-11-16(12-10-15)20(28)23-21-24-25-22(34-21)33-14-19(27)31-2/h5-12H,4,13-14H2,1-3H3,(H,23,24,28). The lowest BCUT2D eigenvalue weighted by Gasteiger charge is -2.24. The van der Waals surface area contributed by atoms with Gasteiger partial charge in [0.15, 0.2) is 4.34 Å². The smallest absolute Gasteiger partial charge is 0.316 e. The van der Waals surface area contributed by atoms with Gasteiger partial charge in [-0.25, -0.2) is 8.42 Å². The van der Waals surface area contributed by atoms with Crippen LogP contribution in [0, 0.1) is 0 Å². The van der Waals surface area contributed by atoms with E-state index in [1.165, 1.54) is 11.4 Å². The van der Waals surface area contributed by atoms with Gasteiger partial charge in [0, 0.05) is 5.56 Å². The highest BCUT2D eigenvalue weighted by Crippen LogP contribution is 2.31. The summed E-state index contributed by atoms with van der Waals surface area (Å²) in [4.78, 5) is 23.8. The van der Waals surface area contributed by atoms with Gasteiger partial charge in [-0.3, -0.25) is 19.2 Å². The number of thioether (sulfide) groups is 1. The molecule has 0 aliphatic rings. The minimum absolute atomic E-state index is 0.0714. The molecular formula is C22H24N4O6S3. The molecule has 35 heavy (non-hydrogen) atoms. The number of methoxy groups -OCH3 is 1. The molecule has 0 atom stereocenters. The Balaban J connectivity index is 1.69. The van der Waals surface area contributed by atoms with Gasteiger partial charge in [-0.15, -0.1) is 10.2 Å². The molecule has 0 bridgehead atoms. The molecule has 0 fully saturated rings. The summed E-state index contributed by atoms with van der Waals surface area (Å²) >= 11 is 2.31. The van der Waals surface area contributed by atoms with E-state index in [0.29, 0.717) is 38.6 Å². The molecule has 10 nitrogen and oxygen atoms in total. The second-order valence-electron chi connectivity index (χ2n) is 7.06. The van der Waals surface area contributed by atoms with Gasteiger partial charge in [-0.1, -0.05) is 47.4 Å². The predicted molar refractivity (Wildman–Crippen MR) is 136 cm³/mol. The van der Waals surface area contributed by atoms with E-state index in [1.54, 1.807) is 48.5 Å². The average molecular weight is 537 g/mol. The van der Waals surface area contributed by atoms with Crippen LogP contribution in [0.15, 0.2) is 52.9 Å². The number of ether oxygens (including phenoxy) is 2. The van der Waals surface area contributed by atoms with Crippen molar-refractivity contribution in [3.8, 4) is 5.75 Å². The Labute approximate surface area is 211 Å². The molecule has 0 radical (unpaired) electrons. The van der Waals surface area contributed by atoms with Crippen molar-refractivity contribution in [2.45, 2.75) is 17.8 Å². The first-order valence-corrected chi connectivity index (χ1v) is 14.0. The molecule has 0 saturated heterocycles. The van der Waals surface area contributed by atoms with Crippen LogP contribution in [-0.4, -0.2) is 56.2 Å². The summed E-state index contributed by atoms with van der Waals surface area (Å²) in [7, 11) is -2.30. The summed E-state index contributed by atoms with van der Waals surface area (Å²) in [5, 5.41) is 10.8. The maximum Gasteiger partial charge on any atom is 0.316 e. The van der Waals surface area contributed by atoms with Crippen LogP contribution in [0.3, 0.4) is 0 Å². The first-order chi connectivity index (χ1) is 16.7. The topological polar surface area (TPSA) is 128 Å². The fourth-order valence-electron chi connectivity index (χ4n) is 2.92. The number of nitrogens with zero attached hydrogens (tertiary/aromatic N) is 3. The lowest BCUT2D eigenvalue weighted by atomic mass is 10.1. The number of aromatic nitrogens is 2. The fraction of sp³-hybridized carbons (Fsp3) is 0.273. The van der Waals surface area contributed by atoms with E-state index in [1.807, 2.05) is 6.92 Å². The minimum Gasteiger partial charge on any atom is -0.492 e. The third-order valence-electron chi connectivity index (χ3n) is 4.54. The van der Waals surface area contributed by atoms with Gasteiger partial charge < -0.3 is 9.47 Å². The van der Waals surface area contributed by atoms with Crippen LogP contribution < -0.4 is 14.4 Å². The van der Waals surface area contributed by atoms with Crippen molar-refractivity contribution >= 4 is 55.8 Å². The van der Waals surface area contributed by atoms with E-state index in [2.05, 4.69) is 20.3 Å². The summed E-state index contributed by atoms with van der Waals surface area (Å²) in [6.45, 7) is 2.30. The highest BCUT2D eigenvalue weighted by molar-refractivity contribution is 8.01. The van der Waals surface area contributed by atoms with E-state index in [9.17, 15) is 18.0 Å². The number of sulfonamides is 1. The van der Waals surface area contributed by atoms with E-state index >= 15 is 0 Å². The molecule has 1 N–H and O–H groups in total. The SMILES string of the molecule is CCOc1ccccc1N(Cc1ccc(C(=O)Nc2nnc(SCC(=O)OC)s2)cc1)S(C)(=O)=O. The molecule has 3 aromatic rings. The zero-order valence-corrected chi connectivity index (χ0v) is 21.7. The number of benzene rings is 2. The third-order valence-corrected chi connectivity index (χ3v) is 7.62. The van der Waals surface area contributed by atoms with Crippen molar-refractivity contribution in [2.24, 2.45) is 0 Å². The maximum absolute atomic E-state index is 12.6. The van der Waals surface area contributed by atoms with E-state index in [4.69, 9.17) is 4.74 Å². The number of carbonyl (C=O) groups is 2. The Morgan fingerprint density at radius 1 is 1.11 bits per heavy atom. The first-order valence-electron chi connectivity index (χ1n) is 10.3. The summed E-state index contributed by atoms with van der Waals surface area (Å²) in [5.74, 6) is -0.205. The molecule has 13 heteroatoms. The zero-order valence-electron chi connectivity index (χ0n) is 19.3. The minimum atomic E-state index is -3.60. The van der Waals surface area contributed by atoms with E-state index in [0.717, 1.165) is 29.4 Å². The number of anilines is 2. The summed E-state index contributed by atoms with van der Waals surface area (Å²) in [6, 6.07) is 13.5. The number of rotatable bonds is 11. The van der Waals surface area contributed by atoms with E-state index < -0.39 is 10.0 Å². The van der Waals surface area contributed by atoms with Gasteiger partial charge in [0.1, 0.15) is 5.75 Å². The molecule has 1 heterocycles. The van der Waals surface area contributed by atoms with Crippen LogP contribution in [0.1, 0.15) is 22.8 Å².